The SMILES string of the molecule is COc1ccc([C@@H]2N[C@H](C(=O)OC(C)C)Cc3c2[nH]c2ccccc32)cc1. The zero-order valence-electron chi connectivity index (χ0n) is 15.8. The molecule has 1 aromatic heterocycles. The van der Waals surface area contributed by atoms with Crippen molar-refractivity contribution in [3.8, 4) is 5.75 Å². The number of aromatic amines is 1. The third-order valence-electron chi connectivity index (χ3n) is 5.00. The van der Waals surface area contributed by atoms with E-state index >= 15 is 0 Å². The number of rotatable bonds is 4. The van der Waals surface area contributed by atoms with Crippen LogP contribution in [0.2, 0.25) is 0 Å². The molecule has 1 aliphatic heterocycles. The molecule has 0 saturated carbocycles. The predicted molar refractivity (Wildman–Crippen MR) is 105 cm³/mol. The van der Waals surface area contributed by atoms with Crippen molar-refractivity contribution in [3.63, 3.8) is 0 Å². The number of carbonyl (C=O) groups excluding carboxylic acids is 1. The van der Waals surface area contributed by atoms with Gasteiger partial charge in [0.15, 0.2) is 0 Å². The molecule has 1 aliphatic rings. The number of benzene rings is 2. The van der Waals surface area contributed by atoms with E-state index in [1.165, 1.54) is 5.56 Å². The Morgan fingerprint density at radius 1 is 1.11 bits per heavy atom. The van der Waals surface area contributed by atoms with Crippen molar-refractivity contribution in [2.45, 2.75) is 38.5 Å². The maximum Gasteiger partial charge on any atom is 0.323 e. The smallest absolute Gasteiger partial charge is 0.323 e. The maximum atomic E-state index is 12.6. The first-order valence-electron chi connectivity index (χ1n) is 9.26. The number of esters is 1. The Morgan fingerprint density at radius 3 is 2.56 bits per heavy atom. The standard InChI is InChI=1S/C22H24N2O3/c1-13(2)27-22(25)19-12-17-16-6-4-5-7-18(16)23-21(17)20(24-19)14-8-10-15(26-3)11-9-14/h4-11,13,19-20,23-24H,12H2,1-3H3/t19-,20-/m0/s1. The Labute approximate surface area is 158 Å². The molecule has 5 heteroatoms. The number of para-hydroxylation sites is 1. The highest BCUT2D eigenvalue weighted by atomic mass is 16.5. The molecule has 2 aromatic carbocycles. The molecule has 4 rings (SSSR count). The second kappa shape index (κ2) is 7.08. The van der Waals surface area contributed by atoms with E-state index in [1.807, 2.05) is 50.2 Å². The van der Waals surface area contributed by atoms with Crippen molar-refractivity contribution < 1.29 is 14.3 Å². The lowest BCUT2D eigenvalue weighted by molar-refractivity contribution is -0.150. The zero-order valence-corrected chi connectivity index (χ0v) is 15.8. The van der Waals surface area contributed by atoms with Gasteiger partial charge in [0.25, 0.3) is 0 Å². The lowest BCUT2D eigenvalue weighted by Gasteiger charge is -2.31. The van der Waals surface area contributed by atoms with Gasteiger partial charge in [-0.15, -0.1) is 0 Å². The van der Waals surface area contributed by atoms with E-state index in [2.05, 4.69) is 22.4 Å². The molecule has 0 bridgehead atoms. The largest absolute Gasteiger partial charge is 0.497 e. The van der Waals surface area contributed by atoms with Crippen molar-refractivity contribution in [3.05, 3.63) is 65.4 Å². The summed E-state index contributed by atoms with van der Waals surface area (Å²) in [5.74, 6) is 0.599. The van der Waals surface area contributed by atoms with Crippen LogP contribution in [-0.2, 0) is 16.0 Å². The van der Waals surface area contributed by atoms with Crippen LogP contribution in [0.4, 0.5) is 0 Å². The summed E-state index contributed by atoms with van der Waals surface area (Å²) in [5, 5.41) is 4.64. The predicted octanol–water partition coefficient (Wildman–Crippen LogP) is 3.73. The quantitative estimate of drug-likeness (QED) is 0.693. The lowest BCUT2D eigenvalue weighted by atomic mass is 9.90. The summed E-state index contributed by atoms with van der Waals surface area (Å²) in [7, 11) is 1.65. The zero-order chi connectivity index (χ0) is 19.0. The molecule has 2 N–H and O–H groups in total. The molecule has 0 amide bonds. The van der Waals surface area contributed by atoms with E-state index in [-0.39, 0.29) is 24.2 Å². The Morgan fingerprint density at radius 2 is 1.85 bits per heavy atom. The van der Waals surface area contributed by atoms with Gasteiger partial charge < -0.3 is 14.5 Å². The van der Waals surface area contributed by atoms with Crippen LogP contribution in [0.15, 0.2) is 48.5 Å². The molecule has 2 atom stereocenters. The summed E-state index contributed by atoms with van der Waals surface area (Å²) < 4.78 is 10.8. The highest BCUT2D eigenvalue weighted by Crippen LogP contribution is 2.35. The molecular weight excluding hydrogens is 340 g/mol. The van der Waals surface area contributed by atoms with Gasteiger partial charge in [-0.05, 0) is 43.2 Å². The molecule has 0 radical (unpaired) electrons. The minimum Gasteiger partial charge on any atom is -0.497 e. The first-order chi connectivity index (χ1) is 13.1. The van der Waals surface area contributed by atoms with E-state index in [0.29, 0.717) is 6.42 Å². The number of aromatic nitrogens is 1. The van der Waals surface area contributed by atoms with Crippen LogP contribution in [-0.4, -0.2) is 30.2 Å². The fraction of sp³-hybridized carbons (Fsp3) is 0.318. The van der Waals surface area contributed by atoms with Crippen LogP contribution in [0.3, 0.4) is 0 Å². The topological polar surface area (TPSA) is 63.4 Å². The van der Waals surface area contributed by atoms with Crippen molar-refractivity contribution in [2.75, 3.05) is 7.11 Å². The van der Waals surface area contributed by atoms with Gasteiger partial charge in [-0.1, -0.05) is 30.3 Å². The number of ether oxygens (including phenoxy) is 2. The molecule has 140 valence electrons. The van der Waals surface area contributed by atoms with E-state index in [1.54, 1.807) is 7.11 Å². The lowest BCUT2D eigenvalue weighted by Crippen LogP contribution is -2.46. The van der Waals surface area contributed by atoms with Crippen LogP contribution in [0.25, 0.3) is 10.9 Å². The normalized spacial score (nSPS) is 19.1. The number of hydrogen-bond donors (Lipinski definition) is 2. The highest BCUT2D eigenvalue weighted by Gasteiger charge is 2.35. The average molecular weight is 364 g/mol. The van der Waals surface area contributed by atoms with Crippen LogP contribution in [0, 0.1) is 0 Å². The minimum atomic E-state index is -0.383. The molecule has 0 unspecified atom stereocenters. The van der Waals surface area contributed by atoms with Gasteiger partial charge >= 0.3 is 5.97 Å². The molecule has 0 fully saturated rings. The molecule has 27 heavy (non-hydrogen) atoms. The minimum absolute atomic E-state index is 0.114. The Bertz CT molecular complexity index is 959. The number of hydrogen-bond acceptors (Lipinski definition) is 4. The second-order valence-electron chi connectivity index (χ2n) is 7.18. The summed E-state index contributed by atoms with van der Waals surface area (Å²) in [5.41, 5.74) is 4.44. The van der Waals surface area contributed by atoms with Gasteiger partial charge in [-0.3, -0.25) is 10.1 Å². The van der Waals surface area contributed by atoms with Gasteiger partial charge in [0, 0.05) is 23.0 Å². The van der Waals surface area contributed by atoms with Crippen LogP contribution in [0.5, 0.6) is 5.75 Å². The van der Waals surface area contributed by atoms with Crippen molar-refractivity contribution in [1.29, 1.82) is 0 Å². The van der Waals surface area contributed by atoms with Crippen LogP contribution in [0.1, 0.15) is 36.7 Å². The van der Waals surface area contributed by atoms with E-state index in [4.69, 9.17) is 9.47 Å². The molecule has 2 heterocycles. The summed E-state index contributed by atoms with van der Waals surface area (Å²) in [6.45, 7) is 3.75. The van der Waals surface area contributed by atoms with Crippen molar-refractivity contribution in [2.24, 2.45) is 0 Å². The summed E-state index contributed by atoms with van der Waals surface area (Å²) >= 11 is 0. The van der Waals surface area contributed by atoms with Crippen LogP contribution < -0.4 is 10.1 Å². The second-order valence-corrected chi connectivity index (χ2v) is 7.18. The number of carbonyl (C=O) groups is 1. The summed E-state index contributed by atoms with van der Waals surface area (Å²) in [6.07, 6.45) is 0.473. The monoisotopic (exact) mass is 364 g/mol. The van der Waals surface area contributed by atoms with Gasteiger partial charge in [0.2, 0.25) is 0 Å². The third-order valence-corrected chi connectivity index (χ3v) is 5.00. The van der Waals surface area contributed by atoms with Gasteiger partial charge in [0.05, 0.1) is 19.3 Å². The molecule has 0 saturated heterocycles. The van der Waals surface area contributed by atoms with Crippen molar-refractivity contribution >= 4 is 16.9 Å². The summed E-state index contributed by atoms with van der Waals surface area (Å²) in [6, 6.07) is 15.7. The number of fused-ring (bicyclic) bond motifs is 3. The average Bonchev–Trinajstić information content (AvgIpc) is 3.05. The Kier molecular flexibility index (Phi) is 4.62. The van der Waals surface area contributed by atoms with Gasteiger partial charge in [-0.25, -0.2) is 0 Å². The fourth-order valence-electron chi connectivity index (χ4n) is 3.76. The van der Waals surface area contributed by atoms with E-state index < -0.39 is 0 Å². The molecule has 0 aliphatic carbocycles. The fourth-order valence-corrected chi connectivity index (χ4v) is 3.76. The molecule has 5 nitrogen and oxygen atoms in total. The van der Waals surface area contributed by atoms with Gasteiger partial charge in [-0.2, -0.15) is 0 Å². The first-order valence-corrected chi connectivity index (χ1v) is 9.26. The van der Waals surface area contributed by atoms with Crippen LogP contribution >= 0.6 is 0 Å². The summed E-state index contributed by atoms with van der Waals surface area (Å²) in [4.78, 5) is 16.2. The first kappa shape index (κ1) is 17.6. The van der Waals surface area contributed by atoms with Gasteiger partial charge in [0.1, 0.15) is 11.8 Å². The van der Waals surface area contributed by atoms with E-state index in [9.17, 15) is 4.79 Å². The number of H-pyrrole nitrogens is 1. The Hall–Kier alpha value is -2.79. The molecule has 0 spiro atoms. The van der Waals surface area contributed by atoms with Crippen molar-refractivity contribution in [1.82, 2.24) is 10.3 Å². The maximum absolute atomic E-state index is 12.6. The number of nitrogens with one attached hydrogen (secondary N) is 2. The molecule has 3 aromatic rings. The third kappa shape index (κ3) is 3.30. The number of methoxy groups -OCH3 is 1. The van der Waals surface area contributed by atoms with E-state index in [0.717, 1.165) is 27.9 Å². The molecular formula is C22H24N2O3. The Balaban J connectivity index is 1.78. The highest BCUT2D eigenvalue weighted by molar-refractivity contribution is 5.87.